The van der Waals surface area contributed by atoms with Crippen molar-refractivity contribution in [2.24, 2.45) is 7.05 Å². The van der Waals surface area contributed by atoms with E-state index in [0.29, 0.717) is 6.04 Å². The molecular weight excluding hydrogens is 300 g/mol. The zero-order valence-corrected chi connectivity index (χ0v) is 15.0. The molecule has 3 heteroatoms. The highest BCUT2D eigenvalue weighted by atomic mass is 32.1. The van der Waals surface area contributed by atoms with Crippen molar-refractivity contribution in [1.29, 1.82) is 0 Å². The van der Waals surface area contributed by atoms with Crippen LogP contribution < -0.4 is 5.32 Å². The van der Waals surface area contributed by atoms with Gasteiger partial charge in [-0.1, -0.05) is 25.1 Å². The van der Waals surface area contributed by atoms with Crippen LogP contribution in [0.3, 0.4) is 0 Å². The lowest BCUT2D eigenvalue weighted by Gasteiger charge is -2.14. The van der Waals surface area contributed by atoms with Crippen LogP contribution in [-0.2, 0) is 26.3 Å². The molecule has 120 valence electrons. The van der Waals surface area contributed by atoms with Crippen molar-refractivity contribution in [3.63, 3.8) is 0 Å². The molecule has 0 bridgehead atoms. The highest BCUT2D eigenvalue weighted by Gasteiger charge is 2.25. The van der Waals surface area contributed by atoms with Crippen LogP contribution in [0.5, 0.6) is 0 Å². The number of likely N-dealkylation sites (N-methyl/N-ethyl adjacent to an activating group) is 1. The van der Waals surface area contributed by atoms with Crippen molar-refractivity contribution >= 4 is 22.2 Å². The molecule has 0 spiro atoms. The van der Waals surface area contributed by atoms with E-state index in [2.05, 4.69) is 61.1 Å². The smallest absolute Gasteiger partial charge is 0.0532 e. The Morgan fingerprint density at radius 1 is 1.26 bits per heavy atom. The van der Waals surface area contributed by atoms with Crippen LogP contribution in [-0.4, -0.2) is 17.2 Å². The van der Waals surface area contributed by atoms with Gasteiger partial charge in [-0.3, -0.25) is 0 Å². The predicted octanol–water partition coefficient (Wildman–Crippen LogP) is 4.55. The van der Waals surface area contributed by atoms with E-state index in [0.717, 1.165) is 13.0 Å². The molecule has 0 saturated heterocycles. The fourth-order valence-electron chi connectivity index (χ4n) is 4.00. The summed E-state index contributed by atoms with van der Waals surface area (Å²) >= 11 is 2.02. The van der Waals surface area contributed by atoms with Gasteiger partial charge in [-0.25, -0.2) is 0 Å². The fourth-order valence-corrected chi connectivity index (χ4v) is 5.30. The number of aryl methyl sites for hydroxylation is 3. The first-order valence-corrected chi connectivity index (χ1v) is 9.42. The quantitative estimate of drug-likeness (QED) is 0.745. The predicted molar refractivity (Wildman–Crippen MR) is 100 cm³/mol. The molecule has 0 aliphatic heterocycles. The Morgan fingerprint density at radius 2 is 2.09 bits per heavy atom. The highest BCUT2D eigenvalue weighted by Crippen LogP contribution is 2.43. The number of fused-ring (bicyclic) bond motifs is 5. The third-order valence-corrected chi connectivity index (χ3v) is 6.21. The molecule has 1 N–H and O–H groups in total. The topological polar surface area (TPSA) is 17.0 Å². The van der Waals surface area contributed by atoms with Crippen molar-refractivity contribution in [3.05, 3.63) is 45.6 Å². The van der Waals surface area contributed by atoms with Crippen LogP contribution in [0.4, 0.5) is 0 Å². The number of hydrogen-bond acceptors (Lipinski definition) is 2. The molecular formula is C20H24N2S. The Kier molecular flexibility index (Phi) is 3.78. The Labute approximate surface area is 142 Å². The molecule has 1 aliphatic rings. The first-order valence-electron chi connectivity index (χ1n) is 8.60. The first-order chi connectivity index (χ1) is 11.2. The number of rotatable bonds is 4. The summed E-state index contributed by atoms with van der Waals surface area (Å²) in [4.78, 5) is 3.09. The number of benzene rings is 1. The van der Waals surface area contributed by atoms with Crippen molar-refractivity contribution in [1.82, 2.24) is 9.88 Å². The Hall–Kier alpha value is -1.58. The van der Waals surface area contributed by atoms with Gasteiger partial charge in [0, 0.05) is 39.3 Å². The van der Waals surface area contributed by atoms with Crippen LogP contribution >= 0.6 is 11.3 Å². The largest absolute Gasteiger partial charge is 0.343 e. The number of aromatic nitrogens is 1. The summed E-state index contributed by atoms with van der Waals surface area (Å²) in [7, 11) is 2.22. The standard InChI is InChI=1S/C20H24N2S/c1-4-21-13(2)11-14-12-17-19(23-14)10-9-16-15-7-5-6-8-18(15)22(3)20(16)17/h5-8,12-13,21H,4,9-11H2,1-3H3. The summed E-state index contributed by atoms with van der Waals surface area (Å²) in [6.07, 6.45) is 3.49. The maximum absolute atomic E-state index is 3.53. The molecule has 2 nitrogen and oxygen atoms in total. The number of hydrogen-bond donors (Lipinski definition) is 1. The normalized spacial score (nSPS) is 14.7. The lowest BCUT2D eigenvalue weighted by Crippen LogP contribution is -2.27. The Balaban J connectivity index is 1.79. The van der Waals surface area contributed by atoms with E-state index in [1.807, 2.05) is 11.3 Å². The van der Waals surface area contributed by atoms with Crippen LogP contribution in [0.15, 0.2) is 30.3 Å². The van der Waals surface area contributed by atoms with Gasteiger partial charge in [-0.15, -0.1) is 11.3 Å². The third-order valence-electron chi connectivity index (χ3n) is 4.99. The third kappa shape index (κ3) is 2.43. The van der Waals surface area contributed by atoms with Gasteiger partial charge in [0.15, 0.2) is 0 Å². The maximum Gasteiger partial charge on any atom is 0.0532 e. The summed E-state index contributed by atoms with van der Waals surface area (Å²) in [5, 5.41) is 4.96. The SMILES string of the molecule is CCNC(C)Cc1cc2c(s1)CCc1c-2n(C)c2ccccc12. The molecule has 1 aliphatic carbocycles. The Morgan fingerprint density at radius 3 is 2.91 bits per heavy atom. The second-order valence-electron chi connectivity index (χ2n) is 6.62. The van der Waals surface area contributed by atoms with Crippen LogP contribution in [0.25, 0.3) is 22.2 Å². The summed E-state index contributed by atoms with van der Waals surface area (Å²) < 4.78 is 2.40. The van der Waals surface area contributed by atoms with Crippen LogP contribution in [0, 0.1) is 0 Å². The average Bonchev–Trinajstić information content (AvgIpc) is 3.07. The number of thiophene rings is 1. The second kappa shape index (κ2) is 5.81. The van der Waals surface area contributed by atoms with Crippen molar-refractivity contribution < 1.29 is 0 Å². The molecule has 1 unspecified atom stereocenters. The number of para-hydroxylation sites is 1. The molecule has 1 atom stereocenters. The maximum atomic E-state index is 3.53. The highest BCUT2D eigenvalue weighted by molar-refractivity contribution is 7.12. The zero-order valence-electron chi connectivity index (χ0n) is 14.1. The van der Waals surface area contributed by atoms with Crippen molar-refractivity contribution in [3.8, 4) is 11.3 Å². The summed E-state index contributed by atoms with van der Waals surface area (Å²) in [6.45, 7) is 5.50. The second-order valence-corrected chi connectivity index (χ2v) is 7.84. The number of nitrogens with one attached hydrogen (secondary N) is 1. The molecule has 2 heterocycles. The van der Waals surface area contributed by atoms with Gasteiger partial charge in [-0.05, 0) is 50.4 Å². The minimum atomic E-state index is 0.548. The van der Waals surface area contributed by atoms with Gasteiger partial charge in [0.1, 0.15) is 0 Å². The van der Waals surface area contributed by atoms with E-state index in [1.165, 1.54) is 39.9 Å². The average molecular weight is 324 g/mol. The summed E-state index contributed by atoms with van der Waals surface area (Å²) in [6, 6.07) is 11.8. The summed E-state index contributed by atoms with van der Waals surface area (Å²) in [5.41, 5.74) is 5.83. The molecule has 4 rings (SSSR count). The monoisotopic (exact) mass is 324 g/mol. The lowest BCUT2D eigenvalue weighted by atomic mass is 9.94. The van der Waals surface area contributed by atoms with E-state index < -0.39 is 0 Å². The van der Waals surface area contributed by atoms with Gasteiger partial charge in [0.2, 0.25) is 0 Å². The Bertz CT molecular complexity index is 856. The van der Waals surface area contributed by atoms with E-state index in [-0.39, 0.29) is 0 Å². The molecule has 0 amide bonds. The zero-order chi connectivity index (χ0) is 16.0. The molecule has 0 saturated carbocycles. The van der Waals surface area contributed by atoms with Crippen molar-refractivity contribution in [2.45, 2.75) is 39.2 Å². The molecule has 3 aromatic rings. The van der Waals surface area contributed by atoms with E-state index in [1.54, 1.807) is 10.4 Å². The minimum Gasteiger partial charge on any atom is -0.343 e. The van der Waals surface area contributed by atoms with Gasteiger partial charge in [-0.2, -0.15) is 0 Å². The van der Waals surface area contributed by atoms with E-state index in [9.17, 15) is 0 Å². The molecule has 2 aromatic heterocycles. The number of nitrogens with zero attached hydrogens (tertiary/aromatic N) is 1. The van der Waals surface area contributed by atoms with Gasteiger partial charge in [0.25, 0.3) is 0 Å². The van der Waals surface area contributed by atoms with Crippen molar-refractivity contribution in [2.75, 3.05) is 6.54 Å². The lowest BCUT2D eigenvalue weighted by molar-refractivity contribution is 0.569. The molecule has 0 radical (unpaired) electrons. The molecule has 1 aromatic carbocycles. The minimum absolute atomic E-state index is 0.548. The van der Waals surface area contributed by atoms with E-state index in [4.69, 9.17) is 0 Å². The fraction of sp³-hybridized carbons (Fsp3) is 0.400. The van der Waals surface area contributed by atoms with Gasteiger partial charge < -0.3 is 9.88 Å². The van der Waals surface area contributed by atoms with Gasteiger partial charge >= 0.3 is 0 Å². The van der Waals surface area contributed by atoms with Crippen LogP contribution in [0.2, 0.25) is 0 Å². The van der Waals surface area contributed by atoms with Crippen LogP contribution in [0.1, 0.15) is 29.2 Å². The van der Waals surface area contributed by atoms with Gasteiger partial charge in [0.05, 0.1) is 5.69 Å². The first kappa shape index (κ1) is 15.0. The molecule has 0 fully saturated rings. The molecule has 23 heavy (non-hydrogen) atoms. The summed E-state index contributed by atoms with van der Waals surface area (Å²) in [5.74, 6) is 0. The van der Waals surface area contributed by atoms with E-state index >= 15 is 0 Å².